The van der Waals surface area contributed by atoms with E-state index in [9.17, 15) is 18.0 Å². The Morgan fingerprint density at radius 2 is 1.96 bits per heavy atom. The molecule has 1 unspecified atom stereocenters. The van der Waals surface area contributed by atoms with Crippen LogP contribution in [0.5, 0.6) is 0 Å². The van der Waals surface area contributed by atoms with Crippen molar-refractivity contribution in [3.8, 4) is 6.07 Å². The second kappa shape index (κ2) is 7.60. The van der Waals surface area contributed by atoms with Crippen molar-refractivity contribution in [1.82, 2.24) is 14.5 Å². The summed E-state index contributed by atoms with van der Waals surface area (Å²) in [5, 5.41) is 11.3. The summed E-state index contributed by atoms with van der Waals surface area (Å²) in [5.41, 5.74) is 6.02. The fourth-order valence-corrected chi connectivity index (χ4v) is 3.56. The van der Waals surface area contributed by atoms with Gasteiger partial charge in [-0.1, -0.05) is 0 Å². The Morgan fingerprint density at radius 3 is 2.48 bits per heavy atom. The molecule has 9 nitrogen and oxygen atoms in total. The summed E-state index contributed by atoms with van der Waals surface area (Å²) in [6, 6.07) is 7.87. The maximum absolute atomic E-state index is 12.7. The molecule has 0 spiro atoms. The SMILES string of the molecule is CS(=O)(=O)N1CCN(C(=O)c2ccc(C#N)cc2)C1C(=O)NCCN. The van der Waals surface area contributed by atoms with Gasteiger partial charge in [-0.2, -0.15) is 9.57 Å². The van der Waals surface area contributed by atoms with E-state index in [-0.39, 0.29) is 31.7 Å². The zero-order valence-electron chi connectivity index (χ0n) is 13.7. The second-order valence-electron chi connectivity index (χ2n) is 5.51. The van der Waals surface area contributed by atoms with Gasteiger partial charge in [0.1, 0.15) is 0 Å². The number of carbonyl (C=O) groups is 2. The van der Waals surface area contributed by atoms with E-state index in [4.69, 9.17) is 11.0 Å². The number of amides is 2. The van der Waals surface area contributed by atoms with Crippen LogP contribution in [0, 0.1) is 11.3 Å². The number of hydrogen-bond donors (Lipinski definition) is 2. The van der Waals surface area contributed by atoms with Gasteiger partial charge in [0, 0.05) is 31.7 Å². The zero-order valence-corrected chi connectivity index (χ0v) is 14.5. The first-order valence-electron chi connectivity index (χ1n) is 7.55. The van der Waals surface area contributed by atoms with Crippen LogP contribution in [0.15, 0.2) is 24.3 Å². The van der Waals surface area contributed by atoms with Gasteiger partial charge < -0.3 is 16.0 Å². The van der Waals surface area contributed by atoms with Gasteiger partial charge >= 0.3 is 0 Å². The maximum atomic E-state index is 12.7. The van der Waals surface area contributed by atoms with E-state index in [0.29, 0.717) is 5.56 Å². The molecular weight excluding hydrogens is 346 g/mol. The first kappa shape index (κ1) is 18.9. The van der Waals surface area contributed by atoms with Gasteiger partial charge in [0.05, 0.1) is 17.9 Å². The van der Waals surface area contributed by atoms with Crippen LogP contribution in [0.25, 0.3) is 0 Å². The minimum Gasteiger partial charge on any atom is -0.352 e. The number of nitrogens with zero attached hydrogens (tertiary/aromatic N) is 3. The summed E-state index contributed by atoms with van der Waals surface area (Å²) in [6.07, 6.45) is -0.268. The van der Waals surface area contributed by atoms with Crippen LogP contribution in [0.4, 0.5) is 0 Å². The first-order valence-corrected chi connectivity index (χ1v) is 9.40. The molecule has 0 aromatic heterocycles. The monoisotopic (exact) mass is 365 g/mol. The fourth-order valence-electron chi connectivity index (χ4n) is 2.58. The Balaban J connectivity index is 2.31. The fraction of sp³-hybridized carbons (Fsp3) is 0.400. The summed E-state index contributed by atoms with van der Waals surface area (Å²) in [5.74, 6) is -1.08. The number of carbonyl (C=O) groups excluding carboxylic acids is 2. The van der Waals surface area contributed by atoms with Gasteiger partial charge in [0.25, 0.3) is 11.8 Å². The average molecular weight is 365 g/mol. The highest BCUT2D eigenvalue weighted by atomic mass is 32.2. The van der Waals surface area contributed by atoms with Crippen LogP contribution in [0.2, 0.25) is 0 Å². The maximum Gasteiger partial charge on any atom is 0.259 e. The van der Waals surface area contributed by atoms with Crippen LogP contribution < -0.4 is 11.1 Å². The lowest BCUT2D eigenvalue weighted by Gasteiger charge is -2.27. The number of nitrogens with two attached hydrogens (primary N) is 1. The van der Waals surface area contributed by atoms with E-state index in [0.717, 1.165) is 10.6 Å². The molecule has 25 heavy (non-hydrogen) atoms. The molecule has 1 saturated heterocycles. The third-order valence-corrected chi connectivity index (χ3v) is 4.99. The smallest absolute Gasteiger partial charge is 0.259 e. The van der Waals surface area contributed by atoms with Crippen molar-refractivity contribution in [2.24, 2.45) is 5.73 Å². The predicted molar refractivity (Wildman–Crippen MR) is 89.6 cm³/mol. The topological polar surface area (TPSA) is 137 Å². The van der Waals surface area contributed by atoms with E-state index in [1.807, 2.05) is 6.07 Å². The lowest BCUT2D eigenvalue weighted by atomic mass is 10.1. The molecule has 0 saturated carbocycles. The van der Waals surface area contributed by atoms with Crippen LogP contribution in [0.3, 0.4) is 0 Å². The largest absolute Gasteiger partial charge is 0.352 e. The molecule has 134 valence electrons. The molecular formula is C15H19N5O4S. The Morgan fingerprint density at radius 1 is 1.32 bits per heavy atom. The van der Waals surface area contributed by atoms with E-state index in [1.54, 1.807) is 0 Å². The third-order valence-electron chi connectivity index (χ3n) is 3.76. The molecule has 1 aromatic carbocycles. The van der Waals surface area contributed by atoms with Gasteiger partial charge in [-0.05, 0) is 24.3 Å². The third kappa shape index (κ3) is 4.14. The Kier molecular flexibility index (Phi) is 5.73. The number of sulfonamides is 1. The van der Waals surface area contributed by atoms with Crippen LogP contribution in [-0.2, 0) is 14.8 Å². The van der Waals surface area contributed by atoms with Crippen molar-refractivity contribution in [3.63, 3.8) is 0 Å². The lowest BCUT2D eigenvalue weighted by molar-refractivity contribution is -0.127. The van der Waals surface area contributed by atoms with Crippen molar-refractivity contribution >= 4 is 21.8 Å². The molecule has 1 atom stereocenters. The van der Waals surface area contributed by atoms with Crippen LogP contribution in [0.1, 0.15) is 15.9 Å². The van der Waals surface area contributed by atoms with Gasteiger partial charge in [-0.25, -0.2) is 8.42 Å². The number of nitriles is 1. The second-order valence-corrected chi connectivity index (χ2v) is 7.45. The number of hydrogen-bond acceptors (Lipinski definition) is 6. The number of benzene rings is 1. The molecule has 0 bridgehead atoms. The van der Waals surface area contributed by atoms with E-state index < -0.39 is 28.0 Å². The summed E-state index contributed by atoms with van der Waals surface area (Å²) in [6.45, 7) is 0.487. The van der Waals surface area contributed by atoms with Crippen molar-refractivity contribution in [2.75, 3.05) is 32.4 Å². The minimum atomic E-state index is -3.68. The first-order chi connectivity index (χ1) is 11.8. The molecule has 1 aliphatic heterocycles. The quantitative estimate of drug-likeness (QED) is 0.664. The van der Waals surface area contributed by atoms with E-state index in [1.165, 1.54) is 29.2 Å². The number of rotatable bonds is 5. The lowest BCUT2D eigenvalue weighted by Crippen LogP contribution is -2.54. The van der Waals surface area contributed by atoms with Gasteiger partial charge in [-0.15, -0.1) is 0 Å². The summed E-state index contributed by atoms with van der Waals surface area (Å²) in [7, 11) is -3.68. The average Bonchev–Trinajstić information content (AvgIpc) is 3.04. The van der Waals surface area contributed by atoms with Gasteiger partial charge in [0.2, 0.25) is 10.0 Å². The molecule has 1 heterocycles. The highest BCUT2D eigenvalue weighted by Gasteiger charge is 2.44. The normalized spacial score (nSPS) is 18.0. The van der Waals surface area contributed by atoms with E-state index in [2.05, 4.69) is 5.32 Å². The zero-order chi connectivity index (χ0) is 18.6. The van der Waals surface area contributed by atoms with Gasteiger partial charge in [-0.3, -0.25) is 9.59 Å². The highest BCUT2D eigenvalue weighted by molar-refractivity contribution is 7.88. The number of nitrogens with one attached hydrogen (secondary N) is 1. The minimum absolute atomic E-state index is 0.0293. The summed E-state index contributed by atoms with van der Waals surface area (Å²) in [4.78, 5) is 26.3. The predicted octanol–water partition coefficient (Wildman–Crippen LogP) is -1.32. The Hall–Kier alpha value is -2.48. The Bertz CT molecular complexity index is 800. The van der Waals surface area contributed by atoms with E-state index >= 15 is 0 Å². The van der Waals surface area contributed by atoms with Crippen LogP contribution in [-0.4, -0.2) is 68.0 Å². The summed E-state index contributed by atoms with van der Waals surface area (Å²) < 4.78 is 24.9. The molecule has 0 aliphatic carbocycles. The van der Waals surface area contributed by atoms with Crippen molar-refractivity contribution in [3.05, 3.63) is 35.4 Å². The molecule has 1 aliphatic rings. The highest BCUT2D eigenvalue weighted by Crippen LogP contribution is 2.21. The summed E-state index contributed by atoms with van der Waals surface area (Å²) >= 11 is 0. The molecule has 10 heteroatoms. The van der Waals surface area contributed by atoms with Gasteiger partial charge in [0.15, 0.2) is 6.17 Å². The van der Waals surface area contributed by atoms with Crippen LogP contribution >= 0.6 is 0 Å². The Labute approximate surface area is 146 Å². The molecule has 3 N–H and O–H groups in total. The van der Waals surface area contributed by atoms with Crippen molar-refractivity contribution < 1.29 is 18.0 Å². The van der Waals surface area contributed by atoms with Crippen molar-refractivity contribution in [1.29, 1.82) is 5.26 Å². The molecule has 2 amide bonds. The molecule has 1 aromatic rings. The standard InChI is InChI=1S/C15H19N5O4S/c1-25(23,24)20-9-8-19(14(20)13(21)18-7-6-16)15(22)12-4-2-11(10-17)3-5-12/h2-5,14H,6-9,16H2,1H3,(H,18,21). The molecule has 1 fully saturated rings. The molecule has 0 radical (unpaired) electrons. The van der Waals surface area contributed by atoms with Crippen molar-refractivity contribution in [2.45, 2.75) is 6.17 Å². The molecule has 2 rings (SSSR count).